The molecular formula is C17H19N3O2. The fourth-order valence-corrected chi connectivity index (χ4v) is 2.13. The van der Waals surface area contributed by atoms with Gasteiger partial charge in [0.1, 0.15) is 5.69 Å². The van der Waals surface area contributed by atoms with E-state index >= 15 is 0 Å². The Labute approximate surface area is 129 Å². The van der Waals surface area contributed by atoms with E-state index in [9.17, 15) is 9.59 Å². The van der Waals surface area contributed by atoms with Crippen LogP contribution in [0.5, 0.6) is 0 Å². The molecule has 0 aliphatic heterocycles. The first-order valence-corrected chi connectivity index (χ1v) is 7.00. The number of anilines is 1. The van der Waals surface area contributed by atoms with E-state index in [-0.39, 0.29) is 11.5 Å². The standard InChI is InChI=1S/C17H19N3O2/c1-4-5-7-12-15(21)18-16-13(2)19(3)20(17(16)22)14-10-8-6-9-11-14/h4-12H,1-3H3,(H,18,21). The van der Waals surface area contributed by atoms with Crippen LogP contribution in [0.25, 0.3) is 5.69 Å². The maximum absolute atomic E-state index is 12.6. The van der Waals surface area contributed by atoms with Crippen molar-refractivity contribution in [1.29, 1.82) is 0 Å². The van der Waals surface area contributed by atoms with Crippen molar-refractivity contribution in [3.63, 3.8) is 0 Å². The predicted octanol–water partition coefficient (Wildman–Crippen LogP) is 2.56. The molecule has 0 saturated heterocycles. The van der Waals surface area contributed by atoms with Crippen molar-refractivity contribution in [2.45, 2.75) is 13.8 Å². The summed E-state index contributed by atoms with van der Waals surface area (Å²) < 4.78 is 3.25. The van der Waals surface area contributed by atoms with E-state index < -0.39 is 0 Å². The molecule has 0 atom stereocenters. The van der Waals surface area contributed by atoms with Crippen LogP contribution in [0.4, 0.5) is 5.69 Å². The predicted molar refractivity (Wildman–Crippen MR) is 88.3 cm³/mol. The number of hydrogen-bond acceptors (Lipinski definition) is 2. The SMILES string of the molecule is CC=CC=CC(=O)Nc1c(C)n(C)n(-c2ccccc2)c1=O. The summed E-state index contributed by atoms with van der Waals surface area (Å²) in [6.07, 6.45) is 6.59. The maximum atomic E-state index is 12.6. The molecule has 0 aliphatic rings. The lowest BCUT2D eigenvalue weighted by Gasteiger charge is -2.07. The molecule has 2 rings (SSSR count). The summed E-state index contributed by atoms with van der Waals surface area (Å²) in [5.74, 6) is -0.330. The number of nitrogens with one attached hydrogen (secondary N) is 1. The quantitative estimate of drug-likeness (QED) is 0.696. The first-order chi connectivity index (χ1) is 10.6. The van der Waals surface area contributed by atoms with E-state index in [1.165, 1.54) is 10.8 Å². The van der Waals surface area contributed by atoms with Gasteiger partial charge in [-0.05, 0) is 26.0 Å². The number of rotatable bonds is 4. The third-order valence-electron chi connectivity index (χ3n) is 3.35. The first-order valence-electron chi connectivity index (χ1n) is 7.00. The second kappa shape index (κ2) is 6.76. The fraction of sp³-hybridized carbons (Fsp3) is 0.176. The summed E-state index contributed by atoms with van der Waals surface area (Å²) in [5.41, 5.74) is 1.49. The van der Waals surface area contributed by atoms with Crippen LogP contribution in [0.15, 0.2) is 59.4 Å². The smallest absolute Gasteiger partial charge is 0.295 e. The third-order valence-corrected chi connectivity index (χ3v) is 3.35. The number of amides is 1. The van der Waals surface area contributed by atoms with Crippen LogP contribution in [0.2, 0.25) is 0 Å². The summed E-state index contributed by atoms with van der Waals surface area (Å²) >= 11 is 0. The number of nitrogens with zero attached hydrogens (tertiary/aromatic N) is 2. The van der Waals surface area contributed by atoms with Gasteiger partial charge in [-0.1, -0.05) is 36.4 Å². The van der Waals surface area contributed by atoms with Gasteiger partial charge in [0.2, 0.25) is 5.91 Å². The average Bonchev–Trinajstić information content (AvgIpc) is 2.72. The minimum atomic E-state index is -0.330. The molecule has 1 amide bonds. The van der Waals surface area contributed by atoms with Crippen molar-refractivity contribution < 1.29 is 4.79 Å². The summed E-state index contributed by atoms with van der Waals surface area (Å²) in [6, 6.07) is 9.31. The van der Waals surface area contributed by atoms with E-state index in [2.05, 4.69) is 5.32 Å². The Hall–Kier alpha value is -2.82. The Kier molecular flexibility index (Phi) is 4.78. The largest absolute Gasteiger partial charge is 0.316 e. The van der Waals surface area contributed by atoms with Gasteiger partial charge in [0.25, 0.3) is 5.56 Å². The Morgan fingerprint density at radius 3 is 2.50 bits per heavy atom. The molecule has 5 heteroatoms. The van der Waals surface area contributed by atoms with E-state index in [1.807, 2.05) is 43.3 Å². The van der Waals surface area contributed by atoms with Gasteiger partial charge in [-0.15, -0.1) is 0 Å². The zero-order valence-corrected chi connectivity index (χ0v) is 12.9. The average molecular weight is 297 g/mol. The minimum absolute atomic E-state index is 0.251. The summed E-state index contributed by atoms with van der Waals surface area (Å²) in [7, 11) is 1.79. The van der Waals surface area contributed by atoms with Crippen molar-refractivity contribution >= 4 is 11.6 Å². The molecule has 22 heavy (non-hydrogen) atoms. The first kappa shape index (κ1) is 15.6. The highest BCUT2D eigenvalue weighted by molar-refractivity contribution is 5.99. The lowest BCUT2D eigenvalue weighted by molar-refractivity contribution is -0.111. The molecule has 114 valence electrons. The molecule has 0 fully saturated rings. The van der Waals surface area contributed by atoms with Gasteiger partial charge >= 0.3 is 0 Å². The number of allylic oxidation sites excluding steroid dienone is 3. The highest BCUT2D eigenvalue weighted by Crippen LogP contribution is 2.13. The van der Waals surface area contributed by atoms with Gasteiger partial charge in [-0.2, -0.15) is 0 Å². The van der Waals surface area contributed by atoms with Crippen LogP contribution in [0, 0.1) is 6.92 Å². The zero-order chi connectivity index (χ0) is 16.1. The molecular weight excluding hydrogens is 278 g/mol. The highest BCUT2D eigenvalue weighted by Gasteiger charge is 2.16. The topological polar surface area (TPSA) is 56.0 Å². The monoisotopic (exact) mass is 297 g/mol. The number of para-hydroxylation sites is 1. The van der Waals surface area contributed by atoms with Gasteiger partial charge < -0.3 is 5.32 Å². The summed E-state index contributed by atoms with van der Waals surface area (Å²) in [5, 5.41) is 2.65. The molecule has 0 aliphatic carbocycles. The van der Waals surface area contributed by atoms with Gasteiger partial charge in [-0.25, -0.2) is 4.68 Å². The zero-order valence-electron chi connectivity index (χ0n) is 12.9. The lowest BCUT2D eigenvalue weighted by atomic mass is 10.3. The number of hydrogen-bond donors (Lipinski definition) is 1. The van der Waals surface area contributed by atoms with Crippen molar-refractivity contribution in [2.75, 3.05) is 5.32 Å². The maximum Gasteiger partial charge on any atom is 0.295 e. The number of carbonyl (C=O) groups is 1. The van der Waals surface area contributed by atoms with Crippen LogP contribution in [0.1, 0.15) is 12.6 Å². The van der Waals surface area contributed by atoms with Crippen LogP contribution in [-0.4, -0.2) is 15.3 Å². The molecule has 0 spiro atoms. The Morgan fingerprint density at radius 2 is 1.86 bits per heavy atom. The van der Waals surface area contributed by atoms with Gasteiger partial charge in [0.15, 0.2) is 0 Å². The van der Waals surface area contributed by atoms with Crippen LogP contribution in [0.3, 0.4) is 0 Å². The molecule has 0 radical (unpaired) electrons. The van der Waals surface area contributed by atoms with Crippen molar-refractivity contribution in [1.82, 2.24) is 9.36 Å². The molecule has 0 bridgehead atoms. The van der Waals surface area contributed by atoms with Gasteiger partial charge in [-0.3, -0.25) is 14.3 Å². The Morgan fingerprint density at radius 1 is 1.18 bits per heavy atom. The van der Waals surface area contributed by atoms with Crippen LogP contribution < -0.4 is 10.9 Å². The molecule has 5 nitrogen and oxygen atoms in total. The Balaban J connectivity index is 2.39. The highest BCUT2D eigenvalue weighted by atomic mass is 16.2. The lowest BCUT2D eigenvalue weighted by Crippen LogP contribution is -2.22. The summed E-state index contributed by atoms with van der Waals surface area (Å²) in [4.78, 5) is 24.4. The molecule has 0 saturated carbocycles. The number of aromatic nitrogens is 2. The van der Waals surface area contributed by atoms with Crippen molar-refractivity contribution in [3.8, 4) is 5.69 Å². The van der Waals surface area contributed by atoms with E-state index in [1.54, 1.807) is 30.8 Å². The molecule has 1 aromatic heterocycles. The molecule has 2 aromatic rings. The van der Waals surface area contributed by atoms with Crippen molar-refractivity contribution in [3.05, 3.63) is 70.7 Å². The molecule has 1 N–H and O–H groups in total. The summed E-state index contributed by atoms with van der Waals surface area (Å²) in [6.45, 7) is 3.66. The minimum Gasteiger partial charge on any atom is -0.316 e. The molecule has 1 aromatic carbocycles. The normalized spacial score (nSPS) is 11.4. The third kappa shape index (κ3) is 3.09. The molecule has 0 unspecified atom stereocenters. The number of benzene rings is 1. The van der Waals surface area contributed by atoms with Crippen molar-refractivity contribution in [2.24, 2.45) is 7.05 Å². The second-order valence-electron chi connectivity index (χ2n) is 4.81. The van der Waals surface area contributed by atoms with Gasteiger partial charge in [0, 0.05) is 13.1 Å². The van der Waals surface area contributed by atoms with E-state index in [4.69, 9.17) is 0 Å². The van der Waals surface area contributed by atoms with E-state index in [0.29, 0.717) is 11.4 Å². The fourth-order valence-electron chi connectivity index (χ4n) is 2.13. The van der Waals surface area contributed by atoms with Gasteiger partial charge in [0.05, 0.1) is 11.4 Å². The molecule has 1 heterocycles. The second-order valence-corrected chi connectivity index (χ2v) is 4.81. The van der Waals surface area contributed by atoms with E-state index in [0.717, 1.165) is 5.69 Å². The number of carbonyl (C=O) groups excluding carboxylic acids is 1. The van der Waals surface area contributed by atoms with Crippen LogP contribution in [-0.2, 0) is 11.8 Å². The van der Waals surface area contributed by atoms with Crippen LogP contribution >= 0.6 is 0 Å². The Bertz CT molecular complexity index is 780.